The molecular weight excluding hydrogens is 1240 g/mol. The maximum absolute atomic E-state index is 15.4. The van der Waals surface area contributed by atoms with Crippen molar-refractivity contribution in [2.45, 2.75) is 232 Å². The molecule has 95 heavy (non-hydrogen) atoms. The van der Waals surface area contributed by atoms with E-state index in [1.165, 1.54) is 7.11 Å². The first kappa shape index (κ1) is 79.0. The van der Waals surface area contributed by atoms with E-state index in [1.54, 1.807) is 125 Å². The molecule has 1 aliphatic rings. The summed E-state index contributed by atoms with van der Waals surface area (Å²) >= 11 is 0. The molecule has 6 N–H and O–H groups in total. The first-order valence-corrected chi connectivity index (χ1v) is 31.5. The highest BCUT2D eigenvalue weighted by atomic mass is 16.7. The average Bonchev–Trinajstić information content (AvgIpc) is 0.759. The van der Waals surface area contributed by atoms with Crippen LogP contribution in [0.3, 0.4) is 0 Å². The summed E-state index contributed by atoms with van der Waals surface area (Å²) in [6.45, 7) is 27.5. The fourth-order valence-electron chi connectivity index (χ4n) is 9.22. The Hall–Kier alpha value is -8.43. The molecule has 0 unspecified atom stereocenters. The van der Waals surface area contributed by atoms with E-state index in [9.17, 15) is 28.8 Å². The molecule has 6 amide bonds. The van der Waals surface area contributed by atoms with Crippen LogP contribution in [0.15, 0.2) is 91.0 Å². The van der Waals surface area contributed by atoms with Crippen molar-refractivity contribution in [1.82, 2.24) is 31.9 Å². The van der Waals surface area contributed by atoms with Gasteiger partial charge in [0.15, 0.2) is 24.6 Å². The van der Waals surface area contributed by atoms with E-state index in [0.717, 1.165) is 0 Å². The van der Waals surface area contributed by atoms with Gasteiger partial charge < -0.3 is 88.7 Å². The summed E-state index contributed by atoms with van der Waals surface area (Å²) in [5.74, 6) is -3.82. The number of carbonyl (C=O) groups excluding carboxylic acids is 9. The topological polar surface area (TPSA) is 337 Å². The number of hydrogen-bond donors (Lipinski definition) is 6. The van der Waals surface area contributed by atoms with Gasteiger partial charge in [-0.3, -0.25) is 0 Å². The monoisotopic (exact) mass is 1340 g/mol. The van der Waals surface area contributed by atoms with Crippen molar-refractivity contribution in [3.05, 3.63) is 108 Å². The molecule has 3 aromatic carbocycles. The van der Waals surface area contributed by atoms with Gasteiger partial charge >= 0.3 is 54.5 Å². The molecule has 0 radical (unpaired) electrons. The molecule has 528 valence electrons. The summed E-state index contributed by atoms with van der Waals surface area (Å²) < 4.78 is 72.2. The molecule has 3 aromatic rings. The summed E-state index contributed by atoms with van der Waals surface area (Å²) in [6.07, 6.45) is -16.7. The number of amides is 6. The Morgan fingerprint density at radius 2 is 0.642 bits per heavy atom. The summed E-state index contributed by atoms with van der Waals surface area (Å²) in [4.78, 5) is 126. The van der Waals surface area contributed by atoms with Crippen molar-refractivity contribution >= 4 is 54.5 Å². The number of hydrogen-bond acceptors (Lipinski definition) is 21. The Labute approximate surface area is 557 Å². The standard InChI is InChI=1S/C68H100N6O21/c1-62(2,3)90-56(78)69-38-35-45(72-59(81)93-65(10,11)12)52(75)87-49-48(41-85-68(42-29-23-20-24-30-42,43-31-25-21-26-32-43)44-33-27-22-28-34-44)86-55(84-19)51(89-54(77)47(74-61(83)95-67(16,17)18)37-40-71-58(80)92-64(7,8)9)50(49)88-53(76)46(73-60(82)94-66(13,14)15)36-39-70-57(79)91-63(4,5)6/h20-34,45-51,55H,35-41H2,1-19H3,(H,69,78)(H,70,79)(H,71,80)(H,72,81)(H,73,82)(H,74,83)/t45-,46-,47-,48+,49+,50-,51+,55-/m0/s1. The second kappa shape index (κ2) is 34.3. The molecule has 27 nitrogen and oxygen atoms in total. The molecule has 1 fully saturated rings. The molecule has 4 rings (SSSR count). The normalized spacial score (nSPS) is 17.9. The highest BCUT2D eigenvalue weighted by Gasteiger charge is 2.55. The van der Waals surface area contributed by atoms with Crippen molar-refractivity contribution in [3.8, 4) is 0 Å². The summed E-state index contributed by atoms with van der Waals surface area (Å²) in [5.41, 5.74) is -5.79. The fourth-order valence-corrected chi connectivity index (χ4v) is 9.22. The number of carbonyl (C=O) groups is 9. The van der Waals surface area contributed by atoms with Crippen LogP contribution in [0.25, 0.3) is 0 Å². The third-order valence-electron chi connectivity index (χ3n) is 12.8. The first-order valence-electron chi connectivity index (χ1n) is 31.5. The smallest absolute Gasteiger partial charge is 0.408 e. The second-order valence-corrected chi connectivity index (χ2v) is 28.3. The largest absolute Gasteiger partial charge is 0.454 e. The zero-order valence-electron chi connectivity index (χ0n) is 58.3. The minimum absolute atomic E-state index is 0.312. The van der Waals surface area contributed by atoms with Gasteiger partial charge in [-0.15, -0.1) is 0 Å². The molecule has 0 bridgehead atoms. The Balaban J connectivity index is 2.07. The van der Waals surface area contributed by atoms with Gasteiger partial charge in [0.05, 0.1) is 6.61 Å². The quantitative estimate of drug-likeness (QED) is 0.0261. The molecule has 1 saturated heterocycles. The van der Waals surface area contributed by atoms with Crippen LogP contribution in [-0.2, 0) is 76.8 Å². The predicted octanol–water partition coefficient (Wildman–Crippen LogP) is 9.53. The van der Waals surface area contributed by atoms with Gasteiger partial charge in [-0.25, -0.2) is 43.2 Å². The van der Waals surface area contributed by atoms with E-state index in [0.29, 0.717) is 16.7 Å². The highest BCUT2D eigenvalue weighted by Crippen LogP contribution is 2.42. The Bertz CT molecular complexity index is 2910. The van der Waals surface area contributed by atoms with Gasteiger partial charge in [-0.05, 0) is 161 Å². The molecular formula is C68H100N6O21. The van der Waals surface area contributed by atoms with Crippen LogP contribution in [0.2, 0.25) is 0 Å². The van der Waals surface area contributed by atoms with Crippen LogP contribution < -0.4 is 31.9 Å². The van der Waals surface area contributed by atoms with Gasteiger partial charge in [0.2, 0.25) is 0 Å². The Kier molecular flexibility index (Phi) is 28.5. The summed E-state index contributed by atoms with van der Waals surface area (Å²) in [7, 11) is 1.17. The average molecular weight is 1340 g/mol. The van der Waals surface area contributed by atoms with E-state index in [-0.39, 0.29) is 26.1 Å². The van der Waals surface area contributed by atoms with Gasteiger partial charge in [0.1, 0.15) is 63.4 Å². The maximum atomic E-state index is 15.4. The number of methoxy groups -OCH3 is 1. The zero-order valence-corrected chi connectivity index (χ0v) is 58.3. The lowest BCUT2D eigenvalue weighted by Crippen LogP contribution is -2.65. The molecule has 27 heteroatoms. The number of esters is 3. The van der Waals surface area contributed by atoms with Gasteiger partial charge in [0, 0.05) is 26.7 Å². The molecule has 0 aliphatic carbocycles. The first-order chi connectivity index (χ1) is 44.0. The van der Waals surface area contributed by atoms with Crippen molar-refractivity contribution in [2.24, 2.45) is 0 Å². The Morgan fingerprint density at radius 1 is 0.379 bits per heavy atom. The minimum atomic E-state index is -2.12. The van der Waals surface area contributed by atoms with Crippen LogP contribution >= 0.6 is 0 Å². The molecule has 0 aromatic heterocycles. The number of benzene rings is 3. The van der Waals surface area contributed by atoms with Crippen molar-refractivity contribution < 1.29 is 100.0 Å². The molecule has 1 aliphatic heterocycles. The lowest BCUT2D eigenvalue weighted by molar-refractivity contribution is -0.307. The lowest BCUT2D eigenvalue weighted by Gasteiger charge is -2.46. The number of alkyl carbamates (subject to hydrolysis) is 6. The maximum Gasteiger partial charge on any atom is 0.408 e. The SMILES string of the molecule is CO[C@H]1O[C@H](COC(c2ccccc2)(c2ccccc2)c2ccccc2)[C@@H](OC(=O)[C@H](CCNC(=O)OC(C)(C)C)NC(=O)OC(C)(C)C)[C@H](OC(=O)[C@H](CCNC(=O)OC(C)(C)C)NC(=O)OC(C)(C)C)[C@H]1OC(=O)[C@H](CCNC(=O)OC(C)(C)C)NC(=O)OC(C)(C)C. The molecule has 1 heterocycles. The van der Waals surface area contributed by atoms with Crippen molar-refractivity contribution in [3.63, 3.8) is 0 Å². The highest BCUT2D eigenvalue weighted by molar-refractivity contribution is 5.84. The lowest BCUT2D eigenvalue weighted by atomic mass is 9.80. The van der Waals surface area contributed by atoms with Gasteiger partial charge in [-0.2, -0.15) is 0 Å². The van der Waals surface area contributed by atoms with Gasteiger partial charge in [0.25, 0.3) is 0 Å². The second-order valence-electron chi connectivity index (χ2n) is 28.3. The van der Waals surface area contributed by atoms with Gasteiger partial charge in [-0.1, -0.05) is 91.0 Å². The fraction of sp³-hybridized carbons (Fsp3) is 0.603. The van der Waals surface area contributed by atoms with E-state index < -0.39 is 162 Å². The summed E-state index contributed by atoms with van der Waals surface area (Å²) in [6, 6.07) is 22.3. The van der Waals surface area contributed by atoms with Crippen LogP contribution in [0.4, 0.5) is 28.8 Å². The van der Waals surface area contributed by atoms with Crippen LogP contribution in [0.5, 0.6) is 0 Å². The summed E-state index contributed by atoms with van der Waals surface area (Å²) in [5, 5.41) is 15.2. The van der Waals surface area contributed by atoms with Crippen molar-refractivity contribution in [2.75, 3.05) is 33.4 Å². The molecule has 8 atom stereocenters. The Morgan fingerprint density at radius 3 is 0.916 bits per heavy atom. The van der Waals surface area contributed by atoms with Crippen LogP contribution in [0.1, 0.15) is 161 Å². The third kappa shape index (κ3) is 28.2. The molecule has 0 saturated carbocycles. The predicted molar refractivity (Wildman–Crippen MR) is 347 cm³/mol. The number of ether oxygens (including phenoxy) is 12. The van der Waals surface area contributed by atoms with Crippen molar-refractivity contribution in [1.29, 1.82) is 0 Å². The van der Waals surface area contributed by atoms with Crippen LogP contribution in [0, 0.1) is 0 Å². The number of rotatable bonds is 25. The number of nitrogens with one attached hydrogen (secondary N) is 6. The zero-order chi connectivity index (χ0) is 71.3. The van der Waals surface area contributed by atoms with E-state index in [4.69, 9.17) is 56.8 Å². The van der Waals surface area contributed by atoms with E-state index >= 15 is 14.4 Å². The third-order valence-corrected chi connectivity index (χ3v) is 12.8. The van der Waals surface area contributed by atoms with E-state index in [1.807, 2.05) is 91.0 Å². The van der Waals surface area contributed by atoms with E-state index in [2.05, 4.69) is 31.9 Å². The van der Waals surface area contributed by atoms with Crippen LogP contribution in [-0.4, -0.2) is 170 Å². The molecule has 0 spiro atoms. The minimum Gasteiger partial charge on any atom is -0.454 e.